The molecule has 1 aliphatic heterocycles. The quantitative estimate of drug-likeness (QED) is 0.301. The van der Waals surface area contributed by atoms with Crippen molar-refractivity contribution in [3.8, 4) is 0 Å². The number of ether oxygens (including phenoxy) is 3. The van der Waals surface area contributed by atoms with Gasteiger partial charge in [-0.1, -0.05) is 11.6 Å². The Morgan fingerprint density at radius 2 is 1.87 bits per heavy atom. The summed E-state index contributed by atoms with van der Waals surface area (Å²) in [4.78, 5) is 37.2. The van der Waals surface area contributed by atoms with Crippen LogP contribution < -0.4 is 0 Å². The maximum absolute atomic E-state index is 11.9. The summed E-state index contributed by atoms with van der Waals surface area (Å²) in [6.07, 6.45) is -2.76. The van der Waals surface area contributed by atoms with E-state index < -0.39 is 36.5 Å². The fraction of sp³-hybridized carbons (Fsp3) is 0.500. The highest BCUT2D eigenvalue weighted by atomic mass is 35.5. The number of carbonyl (C=O) groups is 2. The van der Waals surface area contributed by atoms with Crippen LogP contribution in [0.1, 0.15) is 38.9 Å². The summed E-state index contributed by atoms with van der Waals surface area (Å²) < 4.78 is 18.5. The number of hydrogen-bond donors (Lipinski definition) is 0. The molecule has 15 heteroatoms. The van der Waals surface area contributed by atoms with Crippen molar-refractivity contribution in [2.45, 2.75) is 51.9 Å². The number of aromatic nitrogens is 8. The van der Waals surface area contributed by atoms with Gasteiger partial charge in [-0.05, 0) is 23.7 Å². The van der Waals surface area contributed by atoms with Crippen LogP contribution in [-0.4, -0.2) is 63.9 Å². The highest BCUT2D eigenvalue weighted by Gasteiger charge is 2.53. The molecule has 0 spiro atoms. The molecule has 4 atom stereocenters. The summed E-state index contributed by atoms with van der Waals surface area (Å²) in [6, 6.07) is 0. The van der Waals surface area contributed by atoms with Gasteiger partial charge in [0.25, 0.3) is 0 Å². The van der Waals surface area contributed by atoms with Gasteiger partial charge in [0.05, 0.1) is 12.9 Å². The zero-order chi connectivity index (χ0) is 22.3. The van der Waals surface area contributed by atoms with Gasteiger partial charge in [0.15, 0.2) is 35.3 Å². The van der Waals surface area contributed by atoms with Crippen LogP contribution in [0.25, 0.3) is 11.2 Å². The van der Waals surface area contributed by atoms with E-state index in [4.69, 9.17) is 37.4 Å². The van der Waals surface area contributed by atoms with Gasteiger partial charge in [-0.25, -0.2) is 9.97 Å². The third-order valence-corrected chi connectivity index (χ3v) is 4.86. The smallest absolute Gasteiger partial charge is 0.303 e. The molecule has 4 rings (SSSR count). The number of imidazole rings is 1. The standard InChI is InChI=1S/C16H16Cl2N8O5/c1-4-26-23-13(22-24-26)10-9(29-6(2)27)11(30-7(3)28)15(31-10)25-5-19-8-12(17)20-16(18)21-14(8)25/h5,9-11,15H,4H2,1-3H3/t9?,10-,11+,15+/m0/s1. The van der Waals surface area contributed by atoms with Crippen molar-refractivity contribution in [1.82, 2.24) is 39.7 Å². The number of tetrazole rings is 1. The van der Waals surface area contributed by atoms with Crippen LogP contribution in [0.4, 0.5) is 0 Å². The van der Waals surface area contributed by atoms with Crippen LogP contribution in [0.2, 0.25) is 10.4 Å². The average Bonchev–Trinajstić information content (AvgIpc) is 3.39. The third-order valence-electron chi connectivity index (χ3n) is 4.42. The maximum Gasteiger partial charge on any atom is 0.303 e. The minimum atomic E-state index is -1.08. The molecule has 4 heterocycles. The van der Waals surface area contributed by atoms with Crippen LogP contribution in [0.5, 0.6) is 0 Å². The second kappa shape index (κ2) is 8.32. The molecule has 0 aliphatic carbocycles. The van der Waals surface area contributed by atoms with E-state index in [1.165, 1.54) is 29.5 Å². The van der Waals surface area contributed by atoms with E-state index in [2.05, 4.69) is 30.4 Å². The van der Waals surface area contributed by atoms with Crippen LogP contribution in [0, 0.1) is 0 Å². The number of hydrogen-bond acceptors (Lipinski definition) is 11. The van der Waals surface area contributed by atoms with Gasteiger partial charge in [0, 0.05) is 13.8 Å². The van der Waals surface area contributed by atoms with Crippen LogP contribution in [0.3, 0.4) is 0 Å². The molecule has 13 nitrogen and oxygen atoms in total. The second-order valence-electron chi connectivity index (χ2n) is 6.54. The van der Waals surface area contributed by atoms with Crippen molar-refractivity contribution in [2.24, 2.45) is 0 Å². The Morgan fingerprint density at radius 1 is 1.16 bits per heavy atom. The lowest BCUT2D eigenvalue weighted by Gasteiger charge is -2.23. The summed E-state index contributed by atoms with van der Waals surface area (Å²) in [5.41, 5.74) is 0.498. The van der Waals surface area contributed by atoms with Gasteiger partial charge >= 0.3 is 11.9 Å². The predicted octanol–water partition coefficient (Wildman–Crippen LogP) is 1.27. The van der Waals surface area contributed by atoms with E-state index in [1.807, 2.05) is 6.92 Å². The topological polar surface area (TPSA) is 149 Å². The van der Waals surface area contributed by atoms with Crippen molar-refractivity contribution < 1.29 is 23.8 Å². The first-order chi connectivity index (χ1) is 14.8. The van der Waals surface area contributed by atoms with Crippen molar-refractivity contribution in [3.63, 3.8) is 0 Å². The highest BCUT2D eigenvalue weighted by molar-refractivity contribution is 6.35. The van der Waals surface area contributed by atoms with Crippen molar-refractivity contribution in [1.29, 1.82) is 0 Å². The van der Waals surface area contributed by atoms with Crippen molar-refractivity contribution in [2.75, 3.05) is 0 Å². The number of halogens is 2. The molecule has 0 N–H and O–H groups in total. The molecule has 0 bridgehead atoms. The molecule has 1 fully saturated rings. The Balaban J connectivity index is 1.82. The van der Waals surface area contributed by atoms with E-state index in [-0.39, 0.29) is 27.4 Å². The number of carbonyl (C=O) groups excluding carboxylic acids is 2. The Labute approximate surface area is 184 Å². The molecule has 164 valence electrons. The van der Waals surface area contributed by atoms with Gasteiger partial charge < -0.3 is 14.2 Å². The molecule has 0 radical (unpaired) electrons. The van der Waals surface area contributed by atoms with Gasteiger partial charge in [0.2, 0.25) is 11.1 Å². The normalized spacial score (nSPS) is 23.3. The number of esters is 2. The van der Waals surface area contributed by atoms with Gasteiger partial charge in [-0.2, -0.15) is 9.78 Å². The highest BCUT2D eigenvalue weighted by Crippen LogP contribution is 2.42. The Hall–Kier alpha value is -2.90. The van der Waals surface area contributed by atoms with Gasteiger partial charge in [-0.3, -0.25) is 14.2 Å². The summed E-state index contributed by atoms with van der Waals surface area (Å²) in [5, 5.41) is 12.1. The van der Waals surface area contributed by atoms with Crippen LogP contribution in [-0.2, 0) is 30.3 Å². The third kappa shape index (κ3) is 4.03. The fourth-order valence-electron chi connectivity index (χ4n) is 3.26. The first-order valence-electron chi connectivity index (χ1n) is 9.11. The summed E-state index contributed by atoms with van der Waals surface area (Å²) >= 11 is 12.1. The number of rotatable bonds is 5. The molecule has 3 aromatic rings. The molecule has 1 saturated heterocycles. The van der Waals surface area contributed by atoms with E-state index >= 15 is 0 Å². The molecule has 3 aromatic heterocycles. The van der Waals surface area contributed by atoms with Crippen LogP contribution in [0.15, 0.2) is 6.33 Å². The lowest BCUT2D eigenvalue weighted by Crippen LogP contribution is -2.37. The number of nitrogens with zero attached hydrogens (tertiary/aromatic N) is 8. The fourth-order valence-corrected chi connectivity index (χ4v) is 3.68. The average molecular weight is 471 g/mol. The second-order valence-corrected chi connectivity index (χ2v) is 7.24. The number of aryl methyl sites for hydroxylation is 1. The molecule has 31 heavy (non-hydrogen) atoms. The van der Waals surface area contributed by atoms with E-state index in [0.29, 0.717) is 6.54 Å². The Bertz CT molecular complexity index is 1150. The van der Waals surface area contributed by atoms with Gasteiger partial charge in [0.1, 0.15) is 5.52 Å². The molecule has 0 amide bonds. The van der Waals surface area contributed by atoms with Crippen LogP contribution >= 0.6 is 23.2 Å². The lowest BCUT2D eigenvalue weighted by atomic mass is 10.1. The van der Waals surface area contributed by atoms with E-state index in [9.17, 15) is 9.59 Å². The zero-order valence-corrected chi connectivity index (χ0v) is 18.0. The first kappa shape index (κ1) is 21.3. The summed E-state index contributed by atoms with van der Waals surface area (Å²) in [7, 11) is 0. The molecule has 1 aliphatic rings. The predicted molar refractivity (Wildman–Crippen MR) is 103 cm³/mol. The minimum Gasteiger partial charge on any atom is -0.455 e. The Kier molecular flexibility index (Phi) is 5.73. The summed E-state index contributed by atoms with van der Waals surface area (Å²) in [6.45, 7) is 4.75. The largest absolute Gasteiger partial charge is 0.455 e. The number of fused-ring (bicyclic) bond motifs is 1. The molecular formula is C16H16Cl2N8O5. The van der Waals surface area contributed by atoms with Gasteiger partial charge in [-0.15, -0.1) is 10.2 Å². The molecule has 1 unspecified atom stereocenters. The zero-order valence-electron chi connectivity index (χ0n) is 16.5. The SMILES string of the molecule is CCn1nnc([C@H]2O[C@@H](n3cnc4c(Cl)nc(Cl)nc43)[C@H](OC(C)=O)C2OC(C)=O)n1. The summed E-state index contributed by atoms with van der Waals surface area (Å²) in [5.74, 6) is -1.07. The Morgan fingerprint density at radius 3 is 2.52 bits per heavy atom. The first-order valence-corrected chi connectivity index (χ1v) is 9.87. The van der Waals surface area contributed by atoms with Crippen molar-refractivity contribution >= 4 is 46.3 Å². The minimum absolute atomic E-state index is 0.0384. The molecule has 0 aromatic carbocycles. The van der Waals surface area contributed by atoms with E-state index in [0.717, 1.165) is 0 Å². The monoisotopic (exact) mass is 470 g/mol. The molecule has 0 saturated carbocycles. The van der Waals surface area contributed by atoms with Crippen molar-refractivity contribution in [3.05, 3.63) is 22.6 Å². The lowest BCUT2D eigenvalue weighted by molar-refractivity contribution is -0.165. The molecular weight excluding hydrogens is 455 g/mol. The maximum atomic E-state index is 11.9. The van der Waals surface area contributed by atoms with E-state index in [1.54, 1.807) is 0 Å².